The number of carbonyl (C=O) groups is 2. The summed E-state index contributed by atoms with van der Waals surface area (Å²) in [6.45, 7) is 0. The van der Waals surface area contributed by atoms with Crippen LogP contribution < -0.4 is 14.8 Å². The summed E-state index contributed by atoms with van der Waals surface area (Å²) in [5.41, 5.74) is -1.16. The van der Waals surface area contributed by atoms with Crippen molar-refractivity contribution in [2.75, 3.05) is 7.11 Å². The first-order chi connectivity index (χ1) is 12.3. The maximum atomic E-state index is 12.7. The van der Waals surface area contributed by atoms with E-state index in [0.717, 1.165) is 25.7 Å². The van der Waals surface area contributed by atoms with E-state index in [1.165, 1.54) is 25.3 Å². The standard InChI is InChI=1S/C17H22N2O6S/c1-25-13-7-6-11(15(20)18-17(8-9-17)16(21)22)10-14(13)26(23,24)19-12-4-2-3-5-12/h6-7,10,12,19H,2-5,8-9H2,1H3,(H,18,20)(H,21,22). The summed E-state index contributed by atoms with van der Waals surface area (Å²) >= 11 is 0. The molecule has 1 aromatic carbocycles. The van der Waals surface area contributed by atoms with Crippen molar-refractivity contribution in [3.8, 4) is 5.75 Å². The van der Waals surface area contributed by atoms with E-state index in [1.807, 2.05) is 0 Å². The second kappa shape index (κ2) is 6.88. The maximum Gasteiger partial charge on any atom is 0.329 e. The van der Waals surface area contributed by atoms with Gasteiger partial charge in [0.15, 0.2) is 0 Å². The lowest BCUT2D eigenvalue weighted by molar-refractivity contribution is -0.140. The van der Waals surface area contributed by atoms with Crippen molar-refractivity contribution in [3.63, 3.8) is 0 Å². The van der Waals surface area contributed by atoms with Crippen LogP contribution in [0, 0.1) is 0 Å². The molecule has 8 nitrogen and oxygen atoms in total. The van der Waals surface area contributed by atoms with E-state index in [2.05, 4.69) is 10.0 Å². The molecule has 1 aromatic rings. The Morgan fingerprint density at radius 3 is 2.42 bits per heavy atom. The Bertz CT molecular complexity index is 826. The minimum atomic E-state index is -3.86. The van der Waals surface area contributed by atoms with Crippen molar-refractivity contribution in [3.05, 3.63) is 23.8 Å². The fourth-order valence-corrected chi connectivity index (χ4v) is 4.66. The lowest BCUT2D eigenvalue weighted by atomic mass is 10.1. The van der Waals surface area contributed by atoms with E-state index in [0.29, 0.717) is 12.8 Å². The topological polar surface area (TPSA) is 122 Å². The third-order valence-electron chi connectivity index (χ3n) is 4.90. The molecule has 0 aromatic heterocycles. The molecule has 0 spiro atoms. The van der Waals surface area contributed by atoms with Gasteiger partial charge in [-0.2, -0.15) is 0 Å². The minimum Gasteiger partial charge on any atom is -0.495 e. The number of rotatable bonds is 7. The van der Waals surface area contributed by atoms with Gasteiger partial charge in [-0.15, -0.1) is 0 Å². The van der Waals surface area contributed by atoms with Crippen LogP contribution in [0.1, 0.15) is 48.9 Å². The molecule has 3 rings (SSSR count). The Labute approximate surface area is 152 Å². The largest absolute Gasteiger partial charge is 0.495 e. The second-order valence-corrected chi connectivity index (χ2v) is 8.49. The molecule has 0 saturated heterocycles. The Hall–Kier alpha value is -2.13. The van der Waals surface area contributed by atoms with Gasteiger partial charge in [0.2, 0.25) is 10.0 Å². The Balaban J connectivity index is 1.86. The van der Waals surface area contributed by atoms with Crippen molar-refractivity contribution in [1.82, 2.24) is 10.0 Å². The third-order valence-corrected chi connectivity index (χ3v) is 6.45. The number of hydrogen-bond acceptors (Lipinski definition) is 5. The number of benzene rings is 1. The molecule has 2 saturated carbocycles. The smallest absolute Gasteiger partial charge is 0.329 e. The van der Waals surface area contributed by atoms with Crippen LogP contribution >= 0.6 is 0 Å². The van der Waals surface area contributed by atoms with E-state index in [9.17, 15) is 23.1 Å². The van der Waals surface area contributed by atoms with Gasteiger partial charge in [-0.05, 0) is 43.9 Å². The number of hydrogen-bond donors (Lipinski definition) is 3. The fraction of sp³-hybridized carbons (Fsp3) is 0.529. The first-order valence-electron chi connectivity index (χ1n) is 8.54. The molecule has 0 radical (unpaired) electrons. The minimum absolute atomic E-state index is 0.0742. The predicted molar refractivity (Wildman–Crippen MR) is 92.6 cm³/mol. The van der Waals surface area contributed by atoms with Crippen LogP contribution in [0.3, 0.4) is 0 Å². The number of carboxylic acids is 1. The molecule has 2 fully saturated rings. The highest BCUT2D eigenvalue weighted by Crippen LogP contribution is 2.36. The van der Waals surface area contributed by atoms with Crippen LogP contribution in [0.5, 0.6) is 5.75 Å². The van der Waals surface area contributed by atoms with Crippen molar-refractivity contribution in [2.45, 2.75) is 55.0 Å². The average Bonchev–Trinajstić information content (AvgIpc) is 3.21. The number of aliphatic carboxylic acids is 1. The van der Waals surface area contributed by atoms with E-state index in [4.69, 9.17) is 4.74 Å². The highest BCUT2D eigenvalue weighted by Gasteiger charge is 2.51. The van der Waals surface area contributed by atoms with Crippen LogP contribution in [-0.4, -0.2) is 44.1 Å². The summed E-state index contributed by atoms with van der Waals surface area (Å²) in [4.78, 5) is 23.5. The summed E-state index contributed by atoms with van der Waals surface area (Å²) in [5, 5.41) is 11.7. The van der Waals surface area contributed by atoms with Crippen LogP contribution in [0.15, 0.2) is 23.1 Å². The van der Waals surface area contributed by atoms with Crippen molar-refractivity contribution >= 4 is 21.9 Å². The molecule has 0 atom stereocenters. The molecular weight excluding hydrogens is 360 g/mol. The average molecular weight is 382 g/mol. The number of carboxylic acid groups (broad SMARTS) is 1. The Morgan fingerprint density at radius 2 is 1.88 bits per heavy atom. The molecule has 142 valence electrons. The Kier molecular flexibility index (Phi) is 4.94. The first kappa shape index (κ1) is 18.7. The summed E-state index contributed by atoms with van der Waals surface area (Å²) in [7, 11) is -2.50. The number of sulfonamides is 1. The second-order valence-electron chi connectivity index (χ2n) is 6.81. The highest BCUT2D eigenvalue weighted by atomic mass is 32.2. The summed E-state index contributed by atoms with van der Waals surface area (Å²) in [6, 6.07) is 3.92. The van der Waals surface area contributed by atoms with E-state index < -0.39 is 27.4 Å². The number of ether oxygens (including phenoxy) is 1. The lowest BCUT2D eigenvalue weighted by Crippen LogP contribution is -2.43. The number of amides is 1. The van der Waals surface area contributed by atoms with Crippen LogP contribution in [0.4, 0.5) is 0 Å². The lowest BCUT2D eigenvalue weighted by Gasteiger charge is -2.17. The molecule has 3 N–H and O–H groups in total. The number of nitrogens with one attached hydrogen (secondary N) is 2. The van der Waals surface area contributed by atoms with Gasteiger partial charge in [0.1, 0.15) is 16.2 Å². The molecule has 2 aliphatic carbocycles. The third kappa shape index (κ3) is 3.68. The first-order valence-corrected chi connectivity index (χ1v) is 10.0. The highest BCUT2D eigenvalue weighted by molar-refractivity contribution is 7.89. The van der Waals surface area contributed by atoms with Gasteiger partial charge in [-0.25, -0.2) is 17.9 Å². The quantitative estimate of drug-likeness (QED) is 0.653. The van der Waals surface area contributed by atoms with Crippen molar-refractivity contribution < 1.29 is 27.9 Å². The van der Waals surface area contributed by atoms with Gasteiger partial charge in [0, 0.05) is 11.6 Å². The molecular formula is C17H22N2O6S. The Morgan fingerprint density at radius 1 is 1.23 bits per heavy atom. The van der Waals surface area contributed by atoms with Crippen molar-refractivity contribution in [1.29, 1.82) is 0 Å². The van der Waals surface area contributed by atoms with E-state index in [-0.39, 0.29) is 22.3 Å². The molecule has 0 aliphatic heterocycles. The monoisotopic (exact) mass is 382 g/mol. The molecule has 26 heavy (non-hydrogen) atoms. The zero-order valence-corrected chi connectivity index (χ0v) is 15.3. The van der Waals surface area contributed by atoms with Crippen molar-refractivity contribution in [2.24, 2.45) is 0 Å². The number of carbonyl (C=O) groups excluding carboxylic acids is 1. The van der Waals surface area contributed by atoms with Gasteiger partial charge in [-0.3, -0.25) is 4.79 Å². The normalized spacial score (nSPS) is 19.1. The molecule has 0 unspecified atom stereocenters. The molecule has 0 bridgehead atoms. The maximum absolute atomic E-state index is 12.7. The van der Waals surface area contributed by atoms with E-state index >= 15 is 0 Å². The molecule has 2 aliphatic rings. The SMILES string of the molecule is COc1ccc(C(=O)NC2(C(=O)O)CC2)cc1S(=O)(=O)NC1CCCC1. The van der Waals surface area contributed by atoms with Crippen LogP contribution in [0.2, 0.25) is 0 Å². The van der Waals surface area contributed by atoms with Gasteiger partial charge in [-0.1, -0.05) is 12.8 Å². The predicted octanol–water partition coefficient (Wildman–Crippen LogP) is 1.26. The van der Waals surface area contributed by atoms with Crippen LogP contribution in [0.25, 0.3) is 0 Å². The van der Waals surface area contributed by atoms with E-state index in [1.54, 1.807) is 0 Å². The summed E-state index contributed by atoms with van der Waals surface area (Å²) in [6.07, 6.45) is 4.23. The van der Waals surface area contributed by atoms with Crippen LogP contribution in [-0.2, 0) is 14.8 Å². The fourth-order valence-electron chi connectivity index (χ4n) is 3.16. The molecule has 0 heterocycles. The van der Waals surface area contributed by atoms with Gasteiger partial charge in [0.05, 0.1) is 7.11 Å². The van der Waals surface area contributed by atoms with Gasteiger partial charge < -0.3 is 15.2 Å². The zero-order chi connectivity index (χ0) is 18.9. The summed E-state index contributed by atoms with van der Waals surface area (Å²) < 4.78 is 33.3. The number of methoxy groups -OCH3 is 1. The van der Waals surface area contributed by atoms with Gasteiger partial charge in [0.25, 0.3) is 5.91 Å². The summed E-state index contributed by atoms with van der Waals surface area (Å²) in [5.74, 6) is -1.58. The van der Waals surface area contributed by atoms with Gasteiger partial charge >= 0.3 is 5.97 Å². The molecule has 1 amide bonds. The molecule has 9 heteroatoms. The zero-order valence-electron chi connectivity index (χ0n) is 14.4.